The van der Waals surface area contributed by atoms with Crippen molar-refractivity contribution in [3.8, 4) is 17.2 Å². The van der Waals surface area contributed by atoms with Crippen LogP contribution in [-0.2, 0) is 11.3 Å². The van der Waals surface area contributed by atoms with Gasteiger partial charge in [-0.3, -0.25) is 9.59 Å². The largest absolute Gasteiger partial charge is 0.493 e. The molecule has 3 rings (SSSR count). The monoisotopic (exact) mass is 447 g/mol. The molecule has 1 aromatic heterocycles. The first-order valence-corrected chi connectivity index (χ1v) is 10.1. The lowest BCUT2D eigenvalue weighted by Gasteiger charge is -2.12. The van der Waals surface area contributed by atoms with Crippen LogP contribution in [0.5, 0.6) is 17.2 Å². The SMILES string of the molecule is COc1cc(C=CC(=O)NCc2ccc(C(=O)Nc3ccccn3)cc2)cc(OC)c1OC. The normalized spacial score (nSPS) is 10.5. The average Bonchev–Trinajstić information content (AvgIpc) is 2.86. The minimum atomic E-state index is -0.263. The van der Waals surface area contributed by atoms with Crippen LogP contribution >= 0.6 is 0 Å². The maximum Gasteiger partial charge on any atom is 0.256 e. The van der Waals surface area contributed by atoms with E-state index in [1.54, 1.807) is 66.9 Å². The molecule has 170 valence electrons. The van der Waals surface area contributed by atoms with E-state index in [0.717, 1.165) is 11.1 Å². The number of hydrogen-bond donors (Lipinski definition) is 2. The summed E-state index contributed by atoms with van der Waals surface area (Å²) in [5, 5.41) is 5.54. The molecule has 0 bridgehead atoms. The van der Waals surface area contributed by atoms with Crippen molar-refractivity contribution in [2.45, 2.75) is 6.54 Å². The molecule has 0 saturated carbocycles. The number of carbonyl (C=O) groups is 2. The molecule has 0 radical (unpaired) electrons. The van der Waals surface area contributed by atoms with Gasteiger partial charge in [-0.15, -0.1) is 0 Å². The van der Waals surface area contributed by atoms with Crippen molar-refractivity contribution >= 4 is 23.7 Å². The van der Waals surface area contributed by atoms with E-state index in [0.29, 0.717) is 35.2 Å². The molecule has 0 spiro atoms. The molecule has 0 aliphatic heterocycles. The van der Waals surface area contributed by atoms with Gasteiger partial charge in [-0.05, 0) is 53.6 Å². The molecular weight excluding hydrogens is 422 g/mol. The van der Waals surface area contributed by atoms with Crippen LogP contribution in [-0.4, -0.2) is 38.1 Å². The highest BCUT2D eigenvalue weighted by Crippen LogP contribution is 2.38. The van der Waals surface area contributed by atoms with Gasteiger partial charge in [0.1, 0.15) is 5.82 Å². The van der Waals surface area contributed by atoms with Gasteiger partial charge >= 0.3 is 0 Å². The quantitative estimate of drug-likeness (QED) is 0.486. The number of amides is 2. The van der Waals surface area contributed by atoms with Gasteiger partial charge in [0, 0.05) is 24.4 Å². The molecule has 1 heterocycles. The molecule has 8 nitrogen and oxygen atoms in total. The molecule has 0 fully saturated rings. The van der Waals surface area contributed by atoms with Gasteiger partial charge in [-0.25, -0.2) is 4.98 Å². The predicted octanol–water partition coefficient (Wildman–Crippen LogP) is 3.69. The van der Waals surface area contributed by atoms with Gasteiger partial charge in [0.05, 0.1) is 21.3 Å². The number of methoxy groups -OCH3 is 3. The first-order valence-electron chi connectivity index (χ1n) is 10.1. The summed E-state index contributed by atoms with van der Waals surface area (Å²) in [5.74, 6) is 1.46. The Morgan fingerprint density at radius 3 is 2.21 bits per heavy atom. The fourth-order valence-electron chi connectivity index (χ4n) is 3.02. The van der Waals surface area contributed by atoms with Crippen LogP contribution in [0.2, 0.25) is 0 Å². The Morgan fingerprint density at radius 2 is 1.64 bits per heavy atom. The Bertz CT molecular complexity index is 1100. The highest BCUT2D eigenvalue weighted by molar-refractivity contribution is 6.03. The third kappa shape index (κ3) is 6.33. The van der Waals surface area contributed by atoms with E-state index in [1.165, 1.54) is 27.4 Å². The second-order valence-electron chi connectivity index (χ2n) is 6.88. The van der Waals surface area contributed by atoms with Crippen LogP contribution < -0.4 is 24.8 Å². The van der Waals surface area contributed by atoms with Crippen LogP contribution in [0, 0.1) is 0 Å². The minimum Gasteiger partial charge on any atom is -0.493 e. The van der Waals surface area contributed by atoms with Gasteiger partial charge < -0.3 is 24.8 Å². The number of aromatic nitrogens is 1. The Balaban J connectivity index is 1.56. The van der Waals surface area contributed by atoms with E-state index < -0.39 is 0 Å². The molecule has 2 amide bonds. The average molecular weight is 447 g/mol. The summed E-state index contributed by atoms with van der Waals surface area (Å²) < 4.78 is 15.9. The summed E-state index contributed by atoms with van der Waals surface area (Å²) in [6, 6.07) is 15.8. The molecule has 0 saturated heterocycles. The summed E-state index contributed by atoms with van der Waals surface area (Å²) in [5.41, 5.74) is 2.08. The van der Waals surface area contributed by atoms with Crippen LogP contribution in [0.25, 0.3) is 6.08 Å². The fourth-order valence-corrected chi connectivity index (χ4v) is 3.02. The summed E-state index contributed by atoms with van der Waals surface area (Å²) in [6.45, 7) is 0.320. The number of pyridine rings is 1. The van der Waals surface area contributed by atoms with Crippen LogP contribution in [0.4, 0.5) is 5.82 Å². The zero-order valence-corrected chi connectivity index (χ0v) is 18.6. The van der Waals surface area contributed by atoms with Crippen molar-refractivity contribution in [1.82, 2.24) is 10.3 Å². The van der Waals surface area contributed by atoms with E-state index in [-0.39, 0.29) is 11.8 Å². The van der Waals surface area contributed by atoms with Crippen LogP contribution in [0.3, 0.4) is 0 Å². The highest BCUT2D eigenvalue weighted by Gasteiger charge is 2.12. The second kappa shape index (κ2) is 11.3. The van der Waals surface area contributed by atoms with E-state index in [1.807, 2.05) is 0 Å². The summed E-state index contributed by atoms with van der Waals surface area (Å²) in [4.78, 5) is 28.6. The number of nitrogens with zero attached hydrogens (tertiary/aromatic N) is 1. The first kappa shape index (κ1) is 23.3. The van der Waals surface area contributed by atoms with Gasteiger partial charge in [0.15, 0.2) is 11.5 Å². The lowest BCUT2D eigenvalue weighted by Crippen LogP contribution is -2.20. The lowest BCUT2D eigenvalue weighted by molar-refractivity contribution is -0.116. The Morgan fingerprint density at radius 1 is 0.939 bits per heavy atom. The smallest absolute Gasteiger partial charge is 0.256 e. The third-order valence-corrected chi connectivity index (χ3v) is 4.70. The number of benzene rings is 2. The zero-order chi connectivity index (χ0) is 23.6. The minimum absolute atomic E-state index is 0.252. The number of rotatable bonds is 9. The van der Waals surface area contributed by atoms with Gasteiger partial charge in [0.25, 0.3) is 5.91 Å². The fraction of sp³-hybridized carbons (Fsp3) is 0.160. The predicted molar refractivity (Wildman–Crippen MR) is 126 cm³/mol. The molecule has 3 aromatic rings. The van der Waals surface area contributed by atoms with Gasteiger partial charge in [-0.2, -0.15) is 0 Å². The summed E-state index contributed by atoms with van der Waals surface area (Å²) >= 11 is 0. The van der Waals surface area contributed by atoms with E-state index >= 15 is 0 Å². The number of hydrogen-bond acceptors (Lipinski definition) is 6. The number of carbonyl (C=O) groups excluding carboxylic acids is 2. The van der Waals surface area contributed by atoms with Crippen molar-refractivity contribution in [3.05, 3.63) is 83.6 Å². The Hall–Kier alpha value is -4.33. The zero-order valence-electron chi connectivity index (χ0n) is 18.6. The molecule has 8 heteroatoms. The van der Waals surface area contributed by atoms with Gasteiger partial charge in [0.2, 0.25) is 11.7 Å². The molecule has 2 aromatic carbocycles. The molecule has 0 aliphatic carbocycles. The van der Waals surface area contributed by atoms with E-state index in [9.17, 15) is 9.59 Å². The molecule has 2 N–H and O–H groups in total. The molecule has 0 atom stereocenters. The molecule has 33 heavy (non-hydrogen) atoms. The topological polar surface area (TPSA) is 98.8 Å². The number of ether oxygens (including phenoxy) is 3. The van der Waals surface area contributed by atoms with Crippen molar-refractivity contribution in [3.63, 3.8) is 0 Å². The Kier molecular flexibility index (Phi) is 8.02. The third-order valence-electron chi connectivity index (χ3n) is 4.70. The maximum absolute atomic E-state index is 12.3. The summed E-state index contributed by atoms with van der Waals surface area (Å²) in [7, 11) is 4.60. The van der Waals surface area contributed by atoms with Gasteiger partial charge in [-0.1, -0.05) is 18.2 Å². The molecular formula is C25H25N3O5. The van der Waals surface area contributed by atoms with Crippen molar-refractivity contribution in [2.24, 2.45) is 0 Å². The van der Waals surface area contributed by atoms with E-state index in [4.69, 9.17) is 14.2 Å². The van der Waals surface area contributed by atoms with Crippen molar-refractivity contribution in [1.29, 1.82) is 0 Å². The van der Waals surface area contributed by atoms with Crippen LogP contribution in [0.1, 0.15) is 21.5 Å². The Labute approximate surface area is 192 Å². The lowest BCUT2D eigenvalue weighted by atomic mass is 10.1. The van der Waals surface area contributed by atoms with E-state index in [2.05, 4.69) is 15.6 Å². The highest BCUT2D eigenvalue weighted by atomic mass is 16.5. The van der Waals surface area contributed by atoms with Crippen molar-refractivity contribution in [2.75, 3.05) is 26.6 Å². The standard InChI is InChI=1S/C25H25N3O5/c1-31-20-14-18(15-21(32-2)24(20)33-3)9-12-23(29)27-16-17-7-10-19(11-8-17)25(30)28-22-6-4-5-13-26-22/h4-15H,16H2,1-3H3,(H,27,29)(H,26,28,30). The van der Waals surface area contributed by atoms with Crippen LogP contribution in [0.15, 0.2) is 66.9 Å². The number of nitrogens with one attached hydrogen (secondary N) is 2. The second-order valence-corrected chi connectivity index (χ2v) is 6.88. The van der Waals surface area contributed by atoms with Crippen molar-refractivity contribution < 1.29 is 23.8 Å². The first-order chi connectivity index (χ1) is 16.0. The number of anilines is 1. The molecule has 0 aliphatic rings. The maximum atomic E-state index is 12.3. The molecule has 0 unspecified atom stereocenters. The summed E-state index contributed by atoms with van der Waals surface area (Å²) in [6.07, 6.45) is 4.69.